The predicted octanol–water partition coefficient (Wildman–Crippen LogP) is 3.56. The molecule has 1 fully saturated rings. The lowest BCUT2D eigenvalue weighted by Gasteiger charge is -2.06. The van der Waals surface area contributed by atoms with Gasteiger partial charge in [0.1, 0.15) is 12.4 Å². The molecule has 1 aliphatic rings. The molecule has 1 aliphatic carbocycles. The van der Waals surface area contributed by atoms with Gasteiger partial charge in [0.05, 0.1) is 6.26 Å². The summed E-state index contributed by atoms with van der Waals surface area (Å²) in [5.41, 5.74) is 1.68. The summed E-state index contributed by atoms with van der Waals surface area (Å²) in [5.74, 6) is 0.659. The first kappa shape index (κ1) is 13.2. The Morgan fingerprint density at radius 1 is 1.40 bits per heavy atom. The lowest BCUT2D eigenvalue weighted by Crippen LogP contribution is -2.14. The van der Waals surface area contributed by atoms with E-state index in [4.69, 9.17) is 9.15 Å². The van der Waals surface area contributed by atoms with Crippen LogP contribution in [0.1, 0.15) is 29.7 Å². The fourth-order valence-electron chi connectivity index (χ4n) is 2.03. The van der Waals surface area contributed by atoms with Crippen LogP contribution in [0.25, 0.3) is 0 Å². The van der Waals surface area contributed by atoms with Crippen molar-refractivity contribution in [2.75, 3.05) is 0 Å². The zero-order valence-corrected chi connectivity index (χ0v) is 11.5. The van der Waals surface area contributed by atoms with Gasteiger partial charge in [0.15, 0.2) is 11.6 Å². The van der Waals surface area contributed by atoms with Gasteiger partial charge >= 0.3 is 0 Å². The summed E-state index contributed by atoms with van der Waals surface area (Å²) in [6.07, 6.45) is 4.25. The van der Waals surface area contributed by atoms with Crippen LogP contribution < -0.4 is 10.1 Å². The molecule has 4 heteroatoms. The van der Waals surface area contributed by atoms with Crippen molar-refractivity contribution in [3.63, 3.8) is 0 Å². The van der Waals surface area contributed by atoms with E-state index in [1.807, 2.05) is 6.07 Å². The Hall–Kier alpha value is -1.81. The number of hydrogen-bond donors (Lipinski definition) is 1. The van der Waals surface area contributed by atoms with Crippen molar-refractivity contribution < 1.29 is 13.5 Å². The van der Waals surface area contributed by atoms with Crippen molar-refractivity contribution in [1.29, 1.82) is 0 Å². The van der Waals surface area contributed by atoms with Crippen LogP contribution in [-0.2, 0) is 13.2 Å². The van der Waals surface area contributed by atoms with E-state index in [2.05, 4.69) is 5.32 Å². The molecule has 3 rings (SSSR count). The van der Waals surface area contributed by atoms with Gasteiger partial charge in [-0.3, -0.25) is 0 Å². The minimum Gasteiger partial charge on any atom is -0.483 e. The van der Waals surface area contributed by atoms with Crippen LogP contribution in [0.3, 0.4) is 0 Å². The van der Waals surface area contributed by atoms with Crippen molar-refractivity contribution in [2.24, 2.45) is 0 Å². The molecular weight excluding hydrogens is 257 g/mol. The molecule has 0 unspecified atom stereocenters. The summed E-state index contributed by atoms with van der Waals surface area (Å²) in [6, 6.07) is 7.74. The number of rotatable bonds is 6. The highest BCUT2D eigenvalue weighted by atomic mass is 19.1. The van der Waals surface area contributed by atoms with Crippen LogP contribution in [0.15, 0.2) is 34.9 Å². The number of aryl methyl sites for hydroxylation is 1. The molecule has 3 nitrogen and oxygen atoms in total. The lowest BCUT2D eigenvalue weighted by atomic mass is 10.2. The second-order valence-corrected chi connectivity index (χ2v) is 5.25. The molecule has 2 aromatic rings. The molecule has 0 amide bonds. The van der Waals surface area contributed by atoms with Crippen LogP contribution in [0, 0.1) is 12.7 Å². The number of nitrogens with one attached hydrogen (secondary N) is 1. The summed E-state index contributed by atoms with van der Waals surface area (Å²) in [6.45, 7) is 2.77. The molecular formula is C16H18FNO2. The minimum absolute atomic E-state index is 0.240. The fraction of sp³-hybridized carbons (Fsp3) is 0.375. The van der Waals surface area contributed by atoms with Crippen LogP contribution in [0.5, 0.6) is 5.75 Å². The topological polar surface area (TPSA) is 34.4 Å². The Balaban J connectivity index is 1.56. The molecule has 1 N–H and O–H groups in total. The van der Waals surface area contributed by atoms with Gasteiger partial charge in [-0.05, 0) is 37.5 Å². The molecule has 106 valence electrons. The van der Waals surface area contributed by atoms with Gasteiger partial charge in [-0.1, -0.05) is 12.1 Å². The molecule has 1 aromatic heterocycles. The highest BCUT2D eigenvalue weighted by Crippen LogP contribution is 2.22. The van der Waals surface area contributed by atoms with Crippen molar-refractivity contribution in [3.8, 4) is 5.75 Å². The van der Waals surface area contributed by atoms with Gasteiger partial charge in [-0.2, -0.15) is 0 Å². The Bertz CT molecular complexity index is 590. The summed E-state index contributed by atoms with van der Waals surface area (Å²) >= 11 is 0. The van der Waals surface area contributed by atoms with E-state index in [0.29, 0.717) is 17.4 Å². The smallest absolute Gasteiger partial charge is 0.167 e. The largest absolute Gasteiger partial charge is 0.483 e. The van der Waals surface area contributed by atoms with Gasteiger partial charge in [0.2, 0.25) is 0 Å². The molecule has 1 saturated carbocycles. The molecule has 20 heavy (non-hydrogen) atoms. The summed E-state index contributed by atoms with van der Waals surface area (Å²) in [5, 5.41) is 3.42. The Kier molecular flexibility index (Phi) is 3.74. The van der Waals surface area contributed by atoms with E-state index in [1.54, 1.807) is 31.4 Å². The molecule has 0 atom stereocenters. The van der Waals surface area contributed by atoms with Gasteiger partial charge in [-0.25, -0.2) is 4.39 Å². The lowest BCUT2D eigenvalue weighted by molar-refractivity contribution is 0.258. The second-order valence-electron chi connectivity index (χ2n) is 5.25. The first-order valence-corrected chi connectivity index (χ1v) is 6.90. The third-order valence-electron chi connectivity index (χ3n) is 3.41. The molecule has 0 aliphatic heterocycles. The predicted molar refractivity (Wildman–Crippen MR) is 74.0 cm³/mol. The number of ether oxygens (including phenoxy) is 1. The number of halogens is 1. The van der Waals surface area contributed by atoms with Crippen LogP contribution >= 0.6 is 0 Å². The Morgan fingerprint density at radius 3 is 3.05 bits per heavy atom. The maximum atomic E-state index is 13.8. The van der Waals surface area contributed by atoms with Gasteiger partial charge in [-0.15, -0.1) is 0 Å². The van der Waals surface area contributed by atoms with Crippen LogP contribution in [-0.4, -0.2) is 6.04 Å². The fourth-order valence-corrected chi connectivity index (χ4v) is 2.03. The third kappa shape index (κ3) is 3.20. The monoisotopic (exact) mass is 275 g/mol. The van der Waals surface area contributed by atoms with E-state index in [9.17, 15) is 4.39 Å². The first-order valence-electron chi connectivity index (χ1n) is 6.90. The molecule has 0 saturated heterocycles. The minimum atomic E-state index is -0.310. The Labute approximate surface area is 117 Å². The van der Waals surface area contributed by atoms with E-state index in [-0.39, 0.29) is 18.2 Å². The van der Waals surface area contributed by atoms with Gasteiger partial charge in [0, 0.05) is 18.2 Å². The molecule has 0 spiro atoms. The van der Waals surface area contributed by atoms with Crippen molar-refractivity contribution in [3.05, 3.63) is 53.2 Å². The normalized spacial score (nSPS) is 14.5. The highest BCUT2D eigenvalue weighted by Gasteiger charge is 2.20. The number of benzene rings is 1. The van der Waals surface area contributed by atoms with E-state index in [0.717, 1.165) is 12.1 Å². The summed E-state index contributed by atoms with van der Waals surface area (Å²) in [4.78, 5) is 0. The highest BCUT2D eigenvalue weighted by molar-refractivity contribution is 5.30. The molecule has 0 radical (unpaired) electrons. The van der Waals surface area contributed by atoms with Crippen LogP contribution in [0.2, 0.25) is 0 Å². The Morgan fingerprint density at radius 2 is 2.25 bits per heavy atom. The van der Waals surface area contributed by atoms with Gasteiger partial charge in [0.25, 0.3) is 0 Å². The van der Waals surface area contributed by atoms with Crippen LogP contribution in [0.4, 0.5) is 4.39 Å². The summed E-state index contributed by atoms with van der Waals surface area (Å²) in [7, 11) is 0. The quantitative estimate of drug-likeness (QED) is 0.875. The zero-order chi connectivity index (χ0) is 13.9. The average molecular weight is 275 g/mol. The van der Waals surface area contributed by atoms with E-state index >= 15 is 0 Å². The molecule has 0 bridgehead atoms. The summed E-state index contributed by atoms with van der Waals surface area (Å²) < 4.78 is 24.6. The van der Waals surface area contributed by atoms with Crippen molar-refractivity contribution in [2.45, 2.75) is 39.0 Å². The maximum Gasteiger partial charge on any atom is 0.167 e. The molecule has 1 heterocycles. The molecule has 1 aromatic carbocycles. The number of furan rings is 1. The second kappa shape index (κ2) is 5.67. The average Bonchev–Trinajstić information content (AvgIpc) is 3.17. The zero-order valence-electron chi connectivity index (χ0n) is 11.5. The first-order chi connectivity index (χ1) is 9.72. The maximum absolute atomic E-state index is 13.8. The van der Waals surface area contributed by atoms with Crippen molar-refractivity contribution in [1.82, 2.24) is 5.32 Å². The number of hydrogen-bond acceptors (Lipinski definition) is 3. The van der Waals surface area contributed by atoms with Crippen molar-refractivity contribution >= 4 is 0 Å². The van der Waals surface area contributed by atoms with E-state index < -0.39 is 0 Å². The van der Waals surface area contributed by atoms with E-state index in [1.165, 1.54) is 12.8 Å². The SMILES string of the molecule is Cc1cccc(OCc2cc(CNC3CC3)co2)c1F. The van der Waals surface area contributed by atoms with Gasteiger partial charge < -0.3 is 14.5 Å². The third-order valence-corrected chi connectivity index (χ3v) is 3.41. The standard InChI is InChI=1S/C16H18FNO2/c1-11-3-2-4-15(16(11)17)20-10-14-7-12(9-19-14)8-18-13-5-6-13/h2-4,7,9,13,18H,5-6,8,10H2,1H3.